The van der Waals surface area contributed by atoms with Crippen LogP contribution in [0.4, 0.5) is 0 Å². The molecule has 0 atom stereocenters. The number of hydrogen-bond acceptors (Lipinski definition) is 1. The van der Waals surface area contributed by atoms with Crippen LogP contribution in [0.1, 0.15) is 23.2 Å². The molecule has 1 heterocycles. The minimum absolute atomic E-state index is 0.320. The Kier molecular flexibility index (Phi) is 3.15. The Morgan fingerprint density at radius 2 is 2.46 bits per heavy atom. The molecular formula is C10H11NO2. The van der Waals surface area contributed by atoms with Gasteiger partial charge in [-0.3, -0.25) is 0 Å². The summed E-state index contributed by atoms with van der Waals surface area (Å²) in [6, 6.07) is 1.58. The zero-order chi connectivity index (χ0) is 9.68. The minimum Gasteiger partial charge on any atom is -0.478 e. The van der Waals surface area contributed by atoms with Crippen LogP contribution >= 0.6 is 0 Å². The van der Waals surface area contributed by atoms with E-state index in [0.29, 0.717) is 5.56 Å². The number of unbranched alkanes of at least 4 members (excludes halogenated alkanes) is 1. The summed E-state index contributed by atoms with van der Waals surface area (Å²) in [5.41, 5.74) is 0.320. The highest BCUT2D eigenvalue weighted by Crippen LogP contribution is 2.02. The molecule has 0 unspecified atom stereocenters. The number of carboxylic acid groups (broad SMARTS) is 1. The summed E-state index contributed by atoms with van der Waals surface area (Å²) >= 11 is 0. The van der Waals surface area contributed by atoms with E-state index in [1.807, 2.05) is 4.57 Å². The molecule has 3 heteroatoms. The van der Waals surface area contributed by atoms with Crippen LogP contribution in [0.5, 0.6) is 0 Å². The van der Waals surface area contributed by atoms with Gasteiger partial charge in [-0.2, -0.15) is 0 Å². The van der Waals surface area contributed by atoms with Gasteiger partial charge < -0.3 is 9.67 Å². The fourth-order valence-electron chi connectivity index (χ4n) is 1.07. The summed E-state index contributed by atoms with van der Waals surface area (Å²) in [6.45, 7) is 0.775. The van der Waals surface area contributed by atoms with Crippen LogP contribution in [0.2, 0.25) is 0 Å². The monoisotopic (exact) mass is 177 g/mol. The van der Waals surface area contributed by atoms with Crippen LogP contribution in [-0.2, 0) is 6.54 Å². The third-order valence-corrected chi connectivity index (χ3v) is 1.73. The molecule has 0 aliphatic heterocycles. The summed E-state index contributed by atoms with van der Waals surface area (Å²) in [6.07, 6.45) is 10.1. The van der Waals surface area contributed by atoms with E-state index in [9.17, 15) is 4.79 Å². The molecule has 1 rings (SSSR count). The van der Waals surface area contributed by atoms with Gasteiger partial charge in [-0.05, 0) is 12.5 Å². The quantitative estimate of drug-likeness (QED) is 0.560. The SMILES string of the molecule is C#CCCCn1ccc(C(=O)O)c1. The predicted molar refractivity (Wildman–Crippen MR) is 49.5 cm³/mol. The Labute approximate surface area is 77.0 Å². The summed E-state index contributed by atoms with van der Waals surface area (Å²) in [5.74, 6) is 1.64. The molecule has 1 aromatic rings. The summed E-state index contributed by atoms with van der Waals surface area (Å²) < 4.78 is 1.83. The molecule has 0 aliphatic rings. The number of carboxylic acids is 1. The van der Waals surface area contributed by atoms with Gasteiger partial charge in [-0.25, -0.2) is 4.79 Å². The molecule has 0 saturated carbocycles. The normalized spacial score (nSPS) is 9.46. The van der Waals surface area contributed by atoms with E-state index in [2.05, 4.69) is 5.92 Å². The van der Waals surface area contributed by atoms with E-state index in [1.54, 1.807) is 18.5 Å². The van der Waals surface area contributed by atoms with Crippen LogP contribution in [0.15, 0.2) is 18.5 Å². The third kappa shape index (κ3) is 2.68. The zero-order valence-electron chi connectivity index (χ0n) is 7.23. The number of carbonyl (C=O) groups is 1. The van der Waals surface area contributed by atoms with Crippen molar-refractivity contribution < 1.29 is 9.90 Å². The van der Waals surface area contributed by atoms with Gasteiger partial charge in [0.2, 0.25) is 0 Å². The molecular weight excluding hydrogens is 166 g/mol. The van der Waals surface area contributed by atoms with Gasteiger partial charge in [0, 0.05) is 25.4 Å². The van der Waals surface area contributed by atoms with Gasteiger partial charge in [0.25, 0.3) is 0 Å². The first kappa shape index (κ1) is 9.40. The lowest BCUT2D eigenvalue weighted by atomic mass is 10.3. The Balaban J connectivity index is 2.50. The average Bonchev–Trinajstić information content (AvgIpc) is 2.53. The van der Waals surface area contributed by atoms with Gasteiger partial charge in [0.05, 0.1) is 5.56 Å². The number of nitrogens with zero attached hydrogens (tertiary/aromatic N) is 1. The van der Waals surface area contributed by atoms with E-state index < -0.39 is 5.97 Å². The van der Waals surface area contributed by atoms with Crippen LogP contribution in [0.3, 0.4) is 0 Å². The van der Waals surface area contributed by atoms with Crippen molar-refractivity contribution in [2.45, 2.75) is 19.4 Å². The summed E-state index contributed by atoms with van der Waals surface area (Å²) in [7, 11) is 0. The maximum Gasteiger partial charge on any atom is 0.337 e. The van der Waals surface area contributed by atoms with E-state index in [1.165, 1.54) is 0 Å². The van der Waals surface area contributed by atoms with Crippen LogP contribution in [0, 0.1) is 12.3 Å². The molecule has 1 N–H and O–H groups in total. The highest BCUT2D eigenvalue weighted by atomic mass is 16.4. The Bertz CT molecular complexity index is 333. The fourth-order valence-corrected chi connectivity index (χ4v) is 1.07. The van der Waals surface area contributed by atoms with Gasteiger partial charge in [0.1, 0.15) is 0 Å². The standard InChI is InChI=1S/C10H11NO2/c1-2-3-4-6-11-7-5-9(8-11)10(12)13/h1,5,7-8H,3-4,6H2,(H,12,13). The molecule has 0 bridgehead atoms. The lowest BCUT2D eigenvalue weighted by molar-refractivity contribution is 0.0697. The van der Waals surface area contributed by atoms with Crippen molar-refractivity contribution >= 4 is 5.97 Å². The van der Waals surface area contributed by atoms with E-state index >= 15 is 0 Å². The topological polar surface area (TPSA) is 42.2 Å². The number of aromatic carboxylic acids is 1. The summed E-state index contributed by atoms with van der Waals surface area (Å²) in [5, 5.41) is 8.62. The third-order valence-electron chi connectivity index (χ3n) is 1.73. The van der Waals surface area contributed by atoms with Crippen LogP contribution < -0.4 is 0 Å². The lowest BCUT2D eigenvalue weighted by Crippen LogP contribution is -1.96. The minimum atomic E-state index is -0.893. The van der Waals surface area contributed by atoms with Crippen molar-refractivity contribution in [3.8, 4) is 12.3 Å². The molecule has 0 aliphatic carbocycles. The predicted octanol–water partition coefficient (Wildman–Crippen LogP) is 1.60. The molecule has 68 valence electrons. The molecule has 0 saturated heterocycles. The van der Waals surface area contributed by atoms with E-state index in [-0.39, 0.29) is 0 Å². The van der Waals surface area contributed by atoms with E-state index in [0.717, 1.165) is 19.4 Å². The maximum atomic E-state index is 10.5. The summed E-state index contributed by atoms with van der Waals surface area (Å²) in [4.78, 5) is 10.5. The van der Waals surface area contributed by atoms with Crippen molar-refractivity contribution in [2.75, 3.05) is 0 Å². The van der Waals surface area contributed by atoms with Crippen molar-refractivity contribution in [1.82, 2.24) is 4.57 Å². The molecule has 0 radical (unpaired) electrons. The first-order valence-corrected chi connectivity index (χ1v) is 4.06. The highest BCUT2D eigenvalue weighted by molar-refractivity contribution is 5.87. The number of aryl methyl sites for hydroxylation is 1. The molecule has 13 heavy (non-hydrogen) atoms. The number of hydrogen-bond donors (Lipinski definition) is 1. The van der Waals surface area contributed by atoms with Crippen molar-refractivity contribution in [2.24, 2.45) is 0 Å². The lowest BCUT2D eigenvalue weighted by Gasteiger charge is -1.98. The fraction of sp³-hybridized carbons (Fsp3) is 0.300. The van der Waals surface area contributed by atoms with Crippen molar-refractivity contribution in [1.29, 1.82) is 0 Å². The number of aromatic nitrogens is 1. The zero-order valence-corrected chi connectivity index (χ0v) is 7.23. The maximum absolute atomic E-state index is 10.5. The second-order valence-corrected chi connectivity index (χ2v) is 2.75. The van der Waals surface area contributed by atoms with Crippen molar-refractivity contribution in [3.05, 3.63) is 24.0 Å². The Morgan fingerprint density at radius 1 is 1.69 bits per heavy atom. The number of terminal acetylenes is 1. The molecule has 0 aromatic carbocycles. The highest BCUT2D eigenvalue weighted by Gasteiger charge is 2.03. The Morgan fingerprint density at radius 3 is 3.00 bits per heavy atom. The molecule has 1 aromatic heterocycles. The van der Waals surface area contributed by atoms with Gasteiger partial charge in [0.15, 0.2) is 0 Å². The van der Waals surface area contributed by atoms with Crippen LogP contribution in [-0.4, -0.2) is 15.6 Å². The molecule has 3 nitrogen and oxygen atoms in total. The molecule has 0 amide bonds. The first-order valence-electron chi connectivity index (χ1n) is 4.06. The van der Waals surface area contributed by atoms with Crippen molar-refractivity contribution in [3.63, 3.8) is 0 Å². The number of rotatable bonds is 4. The van der Waals surface area contributed by atoms with Gasteiger partial charge in [-0.15, -0.1) is 12.3 Å². The Hall–Kier alpha value is -1.69. The smallest absolute Gasteiger partial charge is 0.337 e. The van der Waals surface area contributed by atoms with Gasteiger partial charge >= 0.3 is 5.97 Å². The molecule has 0 fully saturated rings. The van der Waals surface area contributed by atoms with Gasteiger partial charge in [-0.1, -0.05) is 0 Å². The first-order chi connectivity index (χ1) is 6.24. The molecule has 0 spiro atoms. The average molecular weight is 177 g/mol. The second-order valence-electron chi connectivity index (χ2n) is 2.75. The van der Waals surface area contributed by atoms with E-state index in [4.69, 9.17) is 11.5 Å². The largest absolute Gasteiger partial charge is 0.478 e. The van der Waals surface area contributed by atoms with Crippen LogP contribution in [0.25, 0.3) is 0 Å². The second kappa shape index (κ2) is 4.36.